The van der Waals surface area contributed by atoms with Crippen LogP contribution in [0, 0.1) is 0 Å². The van der Waals surface area contributed by atoms with Crippen LogP contribution in [0.15, 0.2) is 53.1 Å². The van der Waals surface area contributed by atoms with E-state index < -0.39 is 0 Å². The number of carbonyl (C=O) groups excluding carboxylic acids is 1. The number of carbonyl (C=O) groups is 1. The number of halogens is 1. The maximum atomic E-state index is 11.9. The molecule has 19 heavy (non-hydrogen) atoms. The van der Waals surface area contributed by atoms with E-state index in [-0.39, 0.29) is 11.9 Å². The molecule has 0 fully saturated rings. The molecule has 5 heteroatoms. The molecule has 1 heterocycles. The van der Waals surface area contributed by atoms with E-state index in [1.165, 1.54) is 0 Å². The summed E-state index contributed by atoms with van der Waals surface area (Å²) in [6, 6.07) is 13.0. The third-order valence-corrected chi connectivity index (χ3v) is 3.32. The highest BCUT2D eigenvalue weighted by Crippen LogP contribution is 2.13. The summed E-state index contributed by atoms with van der Waals surface area (Å²) >= 11 is 3.29. The molecule has 0 aliphatic rings. The highest BCUT2D eigenvalue weighted by Gasteiger charge is 2.12. The number of rotatable bonds is 4. The first-order valence-electron chi connectivity index (χ1n) is 5.87. The van der Waals surface area contributed by atoms with Crippen LogP contribution < -0.4 is 11.1 Å². The molecular weight excluding hydrogens is 306 g/mol. The predicted molar refractivity (Wildman–Crippen MR) is 77.6 cm³/mol. The van der Waals surface area contributed by atoms with Gasteiger partial charge < -0.3 is 11.1 Å². The Morgan fingerprint density at radius 2 is 2.00 bits per heavy atom. The first kappa shape index (κ1) is 13.7. The fourth-order valence-corrected chi connectivity index (χ4v) is 2.09. The minimum Gasteiger partial charge on any atom is -0.349 e. The van der Waals surface area contributed by atoms with Crippen molar-refractivity contribution < 1.29 is 4.79 Å². The molecule has 1 unspecified atom stereocenters. The minimum absolute atomic E-state index is 0.229. The van der Waals surface area contributed by atoms with Gasteiger partial charge in [-0.15, -0.1) is 0 Å². The van der Waals surface area contributed by atoms with Gasteiger partial charge in [0.1, 0.15) is 5.69 Å². The predicted octanol–water partition coefficient (Wildman–Crippen LogP) is 2.27. The van der Waals surface area contributed by atoms with Crippen LogP contribution in [0.2, 0.25) is 0 Å². The van der Waals surface area contributed by atoms with E-state index in [0.717, 1.165) is 5.56 Å². The zero-order chi connectivity index (χ0) is 13.7. The molecular formula is C14H14BrN3O. The van der Waals surface area contributed by atoms with Crippen molar-refractivity contribution in [2.75, 3.05) is 6.54 Å². The summed E-state index contributed by atoms with van der Waals surface area (Å²) in [5, 5.41) is 2.78. The van der Waals surface area contributed by atoms with Gasteiger partial charge >= 0.3 is 0 Å². The van der Waals surface area contributed by atoms with Gasteiger partial charge in [-0.05, 0) is 33.6 Å². The monoisotopic (exact) mass is 319 g/mol. The molecule has 2 rings (SSSR count). The summed E-state index contributed by atoms with van der Waals surface area (Å²) in [4.78, 5) is 16.0. The lowest BCUT2D eigenvalue weighted by Crippen LogP contribution is -2.32. The van der Waals surface area contributed by atoms with Gasteiger partial charge in [0.25, 0.3) is 5.91 Å². The molecule has 0 spiro atoms. The van der Waals surface area contributed by atoms with Gasteiger partial charge in [-0.2, -0.15) is 0 Å². The normalized spacial score (nSPS) is 11.9. The van der Waals surface area contributed by atoms with E-state index in [9.17, 15) is 4.79 Å². The molecule has 0 bridgehead atoms. The van der Waals surface area contributed by atoms with Crippen molar-refractivity contribution in [3.05, 3.63) is 64.4 Å². The number of pyridine rings is 1. The molecule has 0 saturated heterocycles. The second kappa shape index (κ2) is 6.45. The van der Waals surface area contributed by atoms with Gasteiger partial charge in [-0.1, -0.05) is 30.3 Å². The van der Waals surface area contributed by atoms with Crippen LogP contribution in [0.25, 0.3) is 0 Å². The van der Waals surface area contributed by atoms with Crippen molar-refractivity contribution in [2.45, 2.75) is 6.04 Å². The van der Waals surface area contributed by atoms with Crippen LogP contribution in [0.5, 0.6) is 0 Å². The molecule has 1 amide bonds. The summed E-state index contributed by atoms with van der Waals surface area (Å²) in [5.74, 6) is -0.237. The molecule has 1 atom stereocenters. The van der Waals surface area contributed by atoms with Crippen molar-refractivity contribution in [3.63, 3.8) is 0 Å². The highest BCUT2D eigenvalue weighted by atomic mass is 79.9. The van der Waals surface area contributed by atoms with Crippen LogP contribution in [0.3, 0.4) is 0 Å². The second-order valence-electron chi connectivity index (χ2n) is 4.06. The summed E-state index contributed by atoms with van der Waals surface area (Å²) in [5.41, 5.74) is 7.37. The molecule has 2 aromatic rings. The standard InChI is InChI=1S/C14H14BrN3O/c15-11-7-4-8-17-13(11)14(19)18-9-12(16)10-5-2-1-3-6-10/h1-8,12H,9,16H2,(H,18,19). The lowest BCUT2D eigenvalue weighted by molar-refractivity contribution is 0.0945. The van der Waals surface area contributed by atoms with Crippen molar-refractivity contribution >= 4 is 21.8 Å². The Bertz CT molecular complexity index is 560. The van der Waals surface area contributed by atoms with Crippen molar-refractivity contribution in [2.24, 2.45) is 5.73 Å². The fourth-order valence-electron chi connectivity index (χ4n) is 1.66. The number of hydrogen-bond acceptors (Lipinski definition) is 3. The summed E-state index contributed by atoms with van der Waals surface area (Å²) in [6.45, 7) is 0.367. The highest BCUT2D eigenvalue weighted by molar-refractivity contribution is 9.10. The van der Waals surface area contributed by atoms with E-state index in [2.05, 4.69) is 26.2 Å². The number of benzene rings is 1. The Balaban J connectivity index is 1.96. The average Bonchev–Trinajstić information content (AvgIpc) is 2.46. The average molecular weight is 320 g/mol. The first-order valence-corrected chi connectivity index (χ1v) is 6.67. The zero-order valence-electron chi connectivity index (χ0n) is 10.2. The molecule has 1 aromatic carbocycles. The fraction of sp³-hybridized carbons (Fsp3) is 0.143. The third-order valence-electron chi connectivity index (χ3n) is 2.68. The van der Waals surface area contributed by atoms with Crippen LogP contribution in [-0.4, -0.2) is 17.4 Å². The zero-order valence-corrected chi connectivity index (χ0v) is 11.8. The maximum absolute atomic E-state index is 11.9. The van der Waals surface area contributed by atoms with E-state index >= 15 is 0 Å². The molecule has 4 nitrogen and oxygen atoms in total. The number of nitrogens with one attached hydrogen (secondary N) is 1. The number of aromatic nitrogens is 1. The number of amides is 1. The maximum Gasteiger partial charge on any atom is 0.271 e. The lowest BCUT2D eigenvalue weighted by atomic mass is 10.1. The molecule has 3 N–H and O–H groups in total. The van der Waals surface area contributed by atoms with E-state index in [4.69, 9.17) is 5.73 Å². The molecule has 98 valence electrons. The third kappa shape index (κ3) is 3.62. The molecule has 0 saturated carbocycles. The number of nitrogens with zero attached hydrogens (tertiary/aromatic N) is 1. The van der Waals surface area contributed by atoms with Crippen LogP contribution in [0.1, 0.15) is 22.1 Å². The molecule has 0 radical (unpaired) electrons. The molecule has 0 aliphatic heterocycles. The smallest absolute Gasteiger partial charge is 0.271 e. The lowest BCUT2D eigenvalue weighted by Gasteiger charge is -2.13. The van der Waals surface area contributed by atoms with Gasteiger partial charge in [0.15, 0.2) is 0 Å². The Hall–Kier alpha value is -1.72. The summed E-state index contributed by atoms with van der Waals surface area (Å²) in [7, 11) is 0. The SMILES string of the molecule is NC(CNC(=O)c1ncccc1Br)c1ccccc1. The van der Waals surface area contributed by atoms with Gasteiger partial charge in [-0.25, -0.2) is 4.98 Å². The van der Waals surface area contributed by atoms with Gasteiger partial charge in [-0.3, -0.25) is 4.79 Å². The van der Waals surface area contributed by atoms with Crippen molar-refractivity contribution in [3.8, 4) is 0 Å². The quantitative estimate of drug-likeness (QED) is 0.908. The Labute approximate surface area is 120 Å². The number of hydrogen-bond donors (Lipinski definition) is 2. The van der Waals surface area contributed by atoms with Crippen molar-refractivity contribution in [1.82, 2.24) is 10.3 Å². The molecule has 1 aromatic heterocycles. The van der Waals surface area contributed by atoms with Crippen LogP contribution in [-0.2, 0) is 0 Å². The van der Waals surface area contributed by atoms with Crippen LogP contribution >= 0.6 is 15.9 Å². The Morgan fingerprint density at radius 1 is 1.26 bits per heavy atom. The largest absolute Gasteiger partial charge is 0.349 e. The van der Waals surface area contributed by atoms with E-state index in [0.29, 0.717) is 16.7 Å². The van der Waals surface area contributed by atoms with E-state index in [1.807, 2.05) is 30.3 Å². The van der Waals surface area contributed by atoms with Gasteiger partial charge in [0.2, 0.25) is 0 Å². The molecule has 0 aliphatic carbocycles. The van der Waals surface area contributed by atoms with Crippen molar-refractivity contribution in [1.29, 1.82) is 0 Å². The van der Waals surface area contributed by atoms with Gasteiger partial charge in [0, 0.05) is 23.3 Å². The Morgan fingerprint density at radius 3 is 2.68 bits per heavy atom. The van der Waals surface area contributed by atoms with Gasteiger partial charge in [0.05, 0.1) is 0 Å². The number of nitrogens with two attached hydrogens (primary N) is 1. The minimum atomic E-state index is -0.237. The first-order chi connectivity index (χ1) is 9.18. The second-order valence-corrected chi connectivity index (χ2v) is 4.92. The topological polar surface area (TPSA) is 68.0 Å². The van der Waals surface area contributed by atoms with E-state index in [1.54, 1.807) is 18.3 Å². The van der Waals surface area contributed by atoms with Crippen LogP contribution in [0.4, 0.5) is 0 Å². The summed E-state index contributed by atoms with van der Waals surface area (Å²) < 4.78 is 0.667. The Kier molecular flexibility index (Phi) is 4.65. The summed E-state index contributed by atoms with van der Waals surface area (Å²) in [6.07, 6.45) is 1.58.